The molecule has 0 spiro atoms. The minimum atomic E-state index is -0.858. The van der Waals surface area contributed by atoms with Crippen LogP contribution in [0.4, 0.5) is 0 Å². The van der Waals surface area contributed by atoms with Gasteiger partial charge in [0.05, 0.1) is 16.8 Å². The number of nitrogens with zero attached hydrogens (tertiary/aromatic N) is 1. The molecule has 1 heterocycles. The van der Waals surface area contributed by atoms with Gasteiger partial charge in [-0.2, -0.15) is 0 Å². The van der Waals surface area contributed by atoms with Crippen molar-refractivity contribution in [3.63, 3.8) is 0 Å². The van der Waals surface area contributed by atoms with Crippen LogP contribution in [0.15, 0.2) is 22.7 Å². The van der Waals surface area contributed by atoms with Crippen molar-refractivity contribution in [3.8, 4) is 0 Å². The van der Waals surface area contributed by atoms with Crippen molar-refractivity contribution in [2.75, 3.05) is 0 Å². The minimum Gasteiger partial charge on any atom is -0.478 e. The van der Waals surface area contributed by atoms with E-state index in [9.17, 15) is 9.90 Å². The Morgan fingerprint density at radius 2 is 2.16 bits per heavy atom. The summed E-state index contributed by atoms with van der Waals surface area (Å²) in [5.74, 6) is -0.858. The van der Waals surface area contributed by atoms with Crippen LogP contribution >= 0.6 is 15.9 Å². The number of hydrogen-bond acceptors (Lipinski definition) is 2. The molecule has 1 aromatic heterocycles. The Labute approximate surface area is 119 Å². The van der Waals surface area contributed by atoms with Gasteiger partial charge in [-0.1, -0.05) is 35.8 Å². The van der Waals surface area contributed by atoms with E-state index >= 15 is 0 Å². The first kappa shape index (κ1) is 12.6. The number of halogens is 1. The fourth-order valence-corrected chi connectivity index (χ4v) is 3.23. The van der Waals surface area contributed by atoms with Crippen LogP contribution < -0.4 is 0 Å². The van der Waals surface area contributed by atoms with Gasteiger partial charge in [-0.3, -0.25) is 4.98 Å². The predicted molar refractivity (Wildman–Crippen MR) is 77.7 cm³/mol. The number of benzene rings is 1. The zero-order valence-electron chi connectivity index (χ0n) is 10.8. The summed E-state index contributed by atoms with van der Waals surface area (Å²) in [6.45, 7) is 4.25. The van der Waals surface area contributed by atoms with E-state index in [0.29, 0.717) is 5.56 Å². The number of hydrogen-bond donors (Lipinski definition) is 1. The molecule has 0 amide bonds. The third-order valence-electron chi connectivity index (χ3n) is 3.90. The van der Waals surface area contributed by atoms with Crippen LogP contribution in [0.3, 0.4) is 0 Å². The Bertz CT molecular complexity index is 707. The maximum absolute atomic E-state index is 11.6. The van der Waals surface area contributed by atoms with Crippen molar-refractivity contribution in [1.29, 1.82) is 0 Å². The summed E-state index contributed by atoms with van der Waals surface area (Å²) in [5.41, 5.74) is 2.98. The van der Waals surface area contributed by atoms with Gasteiger partial charge in [0, 0.05) is 15.3 Å². The molecule has 0 atom stereocenters. The summed E-state index contributed by atoms with van der Waals surface area (Å²) in [6, 6.07) is 5.58. The molecule has 1 aliphatic carbocycles. The molecule has 1 aromatic carbocycles. The summed E-state index contributed by atoms with van der Waals surface area (Å²) in [7, 11) is 0. The molecule has 1 N–H and O–H groups in total. The van der Waals surface area contributed by atoms with Gasteiger partial charge in [-0.15, -0.1) is 0 Å². The summed E-state index contributed by atoms with van der Waals surface area (Å²) in [6.07, 6.45) is 1.75. The molecule has 0 bridgehead atoms. The lowest BCUT2D eigenvalue weighted by Crippen LogP contribution is -2.15. The third kappa shape index (κ3) is 1.86. The van der Waals surface area contributed by atoms with Gasteiger partial charge in [0.15, 0.2) is 0 Å². The van der Waals surface area contributed by atoms with Crippen molar-refractivity contribution in [2.24, 2.45) is 0 Å². The number of rotatable bonds is 1. The lowest BCUT2D eigenvalue weighted by Gasteiger charge is -2.18. The predicted octanol–water partition coefficient (Wildman–Crippen LogP) is 3.92. The van der Waals surface area contributed by atoms with Gasteiger partial charge in [-0.25, -0.2) is 4.79 Å². The first-order chi connectivity index (χ1) is 8.90. The van der Waals surface area contributed by atoms with Gasteiger partial charge >= 0.3 is 5.97 Å². The summed E-state index contributed by atoms with van der Waals surface area (Å²) >= 11 is 3.42. The average Bonchev–Trinajstić information content (AvgIpc) is 2.62. The maximum atomic E-state index is 11.6. The molecule has 3 nitrogen and oxygen atoms in total. The van der Waals surface area contributed by atoms with Crippen LogP contribution in [-0.2, 0) is 11.8 Å². The quantitative estimate of drug-likeness (QED) is 0.866. The summed E-state index contributed by atoms with van der Waals surface area (Å²) in [4.78, 5) is 16.4. The van der Waals surface area contributed by atoms with E-state index in [1.165, 1.54) is 0 Å². The van der Waals surface area contributed by atoms with E-state index in [1.54, 1.807) is 0 Å². The molecule has 2 aromatic rings. The Kier molecular flexibility index (Phi) is 2.68. The second kappa shape index (κ2) is 4.04. The molecule has 0 unspecified atom stereocenters. The fourth-order valence-electron chi connectivity index (χ4n) is 2.88. The number of carboxylic acids is 1. The Balaban J connectivity index is 2.45. The molecule has 1 aliphatic rings. The number of pyridine rings is 1. The first-order valence-corrected chi connectivity index (χ1v) is 7.05. The molecule has 19 heavy (non-hydrogen) atoms. The highest BCUT2D eigenvalue weighted by Gasteiger charge is 2.35. The van der Waals surface area contributed by atoms with Crippen molar-refractivity contribution < 1.29 is 9.90 Å². The fraction of sp³-hybridized carbons (Fsp3) is 0.333. The zero-order chi connectivity index (χ0) is 13.8. The molecule has 0 saturated carbocycles. The topological polar surface area (TPSA) is 50.2 Å². The summed E-state index contributed by atoms with van der Waals surface area (Å²) < 4.78 is 0.916. The second-order valence-electron chi connectivity index (χ2n) is 5.66. The molecular formula is C15H14BrNO2. The van der Waals surface area contributed by atoms with E-state index in [0.717, 1.165) is 39.5 Å². The lowest BCUT2D eigenvalue weighted by atomic mass is 9.89. The minimum absolute atomic E-state index is 0.0456. The highest BCUT2D eigenvalue weighted by Crippen LogP contribution is 2.41. The normalized spacial score (nSPS) is 16.6. The van der Waals surface area contributed by atoms with Crippen LogP contribution in [0.5, 0.6) is 0 Å². The largest absolute Gasteiger partial charge is 0.478 e. The second-order valence-corrected chi connectivity index (χ2v) is 6.58. The molecule has 3 rings (SSSR count). The van der Waals surface area contributed by atoms with Crippen molar-refractivity contribution >= 4 is 32.8 Å². The van der Waals surface area contributed by atoms with Crippen LogP contribution in [0, 0.1) is 0 Å². The van der Waals surface area contributed by atoms with Crippen LogP contribution in [0.2, 0.25) is 0 Å². The molecule has 0 saturated heterocycles. The van der Waals surface area contributed by atoms with Gasteiger partial charge in [0.2, 0.25) is 0 Å². The Morgan fingerprint density at radius 1 is 1.42 bits per heavy atom. The highest BCUT2D eigenvalue weighted by atomic mass is 79.9. The molecule has 98 valence electrons. The molecule has 0 fully saturated rings. The van der Waals surface area contributed by atoms with Gasteiger partial charge in [0.1, 0.15) is 0 Å². The van der Waals surface area contributed by atoms with E-state index in [-0.39, 0.29) is 5.41 Å². The van der Waals surface area contributed by atoms with Gasteiger partial charge in [0.25, 0.3) is 0 Å². The monoisotopic (exact) mass is 319 g/mol. The lowest BCUT2D eigenvalue weighted by molar-refractivity contribution is 0.0698. The van der Waals surface area contributed by atoms with Crippen molar-refractivity contribution in [2.45, 2.75) is 32.1 Å². The highest BCUT2D eigenvalue weighted by molar-refractivity contribution is 9.10. The Hall–Kier alpha value is -1.42. The first-order valence-electron chi connectivity index (χ1n) is 6.26. The molecule has 4 heteroatoms. The third-order valence-corrected chi connectivity index (χ3v) is 4.40. The smallest absolute Gasteiger partial charge is 0.336 e. The number of carboxylic acid groups (broad SMARTS) is 1. The zero-order valence-corrected chi connectivity index (χ0v) is 12.4. The number of aromatic nitrogens is 1. The number of aromatic carboxylic acids is 1. The average molecular weight is 320 g/mol. The number of fused-ring (bicyclic) bond motifs is 2. The van der Waals surface area contributed by atoms with Gasteiger partial charge < -0.3 is 5.11 Å². The van der Waals surface area contributed by atoms with E-state index < -0.39 is 5.97 Å². The van der Waals surface area contributed by atoms with Gasteiger partial charge in [-0.05, 0) is 30.5 Å². The van der Waals surface area contributed by atoms with E-state index in [2.05, 4.69) is 29.8 Å². The molecule has 0 radical (unpaired) electrons. The Morgan fingerprint density at radius 3 is 2.84 bits per heavy atom. The van der Waals surface area contributed by atoms with Crippen molar-refractivity contribution in [1.82, 2.24) is 4.98 Å². The van der Waals surface area contributed by atoms with Crippen molar-refractivity contribution in [3.05, 3.63) is 39.5 Å². The number of carbonyl (C=O) groups is 1. The van der Waals surface area contributed by atoms with Crippen LogP contribution in [0.25, 0.3) is 10.9 Å². The molecule has 0 aliphatic heterocycles. The summed E-state index contributed by atoms with van der Waals surface area (Å²) in [5, 5.41) is 10.3. The van der Waals surface area contributed by atoms with Crippen LogP contribution in [-0.4, -0.2) is 16.1 Å². The van der Waals surface area contributed by atoms with Crippen LogP contribution in [0.1, 0.15) is 41.9 Å². The van der Waals surface area contributed by atoms with E-state index in [4.69, 9.17) is 4.98 Å². The van der Waals surface area contributed by atoms with E-state index in [1.807, 2.05) is 18.2 Å². The maximum Gasteiger partial charge on any atom is 0.336 e. The molecular weight excluding hydrogens is 306 g/mol. The standard InChI is InChI=1S/C15H14BrNO2/c1-15(2)6-5-10-12(14(18)19)9-4-3-8(16)7-11(9)17-13(10)15/h3-4,7H,5-6H2,1-2H3,(H,18,19). The SMILES string of the molecule is CC1(C)CCc2c1nc1cc(Br)ccc1c2C(=O)O.